The molecular formula is C19H21NO2. The first-order chi connectivity index (χ1) is 10.5. The van der Waals surface area contributed by atoms with Crippen molar-refractivity contribution in [2.24, 2.45) is 23.2 Å². The number of nitrogens with zero attached hydrogens (tertiary/aromatic N) is 1. The number of phenols is 1. The Kier molecular flexibility index (Phi) is 2.88. The van der Waals surface area contributed by atoms with Crippen LogP contribution in [0.15, 0.2) is 18.2 Å². The van der Waals surface area contributed by atoms with Crippen LogP contribution in [0.1, 0.15) is 49.7 Å². The molecule has 3 aliphatic carbocycles. The zero-order valence-corrected chi connectivity index (χ0v) is 12.9. The number of carbonyl (C=O) groups excluding carboxylic acids is 1. The van der Waals surface area contributed by atoms with Crippen LogP contribution in [0.25, 0.3) is 0 Å². The molecule has 2 saturated carbocycles. The Morgan fingerprint density at radius 1 is 1.32 bits per heavy atom. The Morgan fingerprint density at radius 2 is 2.14 bits per heavy atom. The van der Waals surface area contributed by atoms with Gasteiger partial charge in [-0.2, -0.15) is 5.26 Å². The van der Waals surface area contributed by atoms with Gasteiger partial charge in [0, 0.05) is 17.8 Å². The number of phenolic OH excluding ortho intramolecular Hbond substituents is 1. The van der Waals surface area contributed by atoms with Crippen LogP contribution in [0.4, 0.5) is 0 Å². The van der Waals surface area contributed by atoms with Crippen LogP contribution in [0, 0.1) is 34.5 Å². The number of Topliss-reactive ketones (excluding diaryl/α,β-unsaturated/α-hetero) is 1. The van der Waals surface area contributed by atoms with Crippen LogP contribution in [-0.2, 0) is 11.2 Å². The SMILES string of the molecule is C[C@]12C[C@H](C#N)[C@@H]3c4ccc(O)cc4CC[C@H]3[C@@H]1CCC2=O. The molecule has 1 aromatic carbocycles. The van der Waals surface area contributed by atoms with E-state index in [-0.39, 0.29) is 17.3 Å². The van der Waals surface area contributed by atoms with E-state index in [1.807, 2.05) is 12.1 Å². The van der Waals surface area contributed by atoms with E-state index in [4.69, 9.17) is 0 Å². The summed E-state index contributed by atoms with van der Waals surface area (Å²) in [6.45, 7) is 2.10. The van der Waals surface area contributed by atoms with Crippen molar-refractivity contribution in [3.63, 3.8) is 0 Å². The normalized spacial score (nSPS) is 39.5. The molecule has 1 aromatic rings. The maximum atomic E-state index is 12.4. The van der Waals surface area contributed by atoms with Gasteiger partial charge in [0.2, 0.25) is 0 Å². The first kappa shape index (κ1) is 13.8. The second-order valence-corrected chi connectivity index (χ2v) is 7.54. The van der Waals surface area contributed by atoms with Gasteiger partial charge in [-0.05, 0) is 60.8 Å². The molecule has 3 nitrogen and oxygen atoms in total. The summed E-state index contributed by atoms with van der Waals surface area (Å²) in [5.41, 5.74) is 2.15. The van der Waals surface area contributed by atoms with Crippen LogP contribution in [0.5, 0.6) is 5.75 Å². The van der Waals surface area contributed by atoms with Crippen molar-refractivity contribution in [3.05, 3.63) is 29.3 Å². The highest BCUT2D eigenvalue weighted by atomic mass is 16.3. The molecule has 5 atom stereocenters. The van der Waals surface area contributed by atoms with Crippen LogP contribution in [-0.4, -0.2) is 10.9 Å². The topological polar surface area (TPSA) is 61.1 Å². The number of aromatic hydroxyl groups is 1. The summed E-state index contributed by atoms with van der Waals surface area (Å²) >= 11 is 0. The summed E-state index contributed by atoms with van der Waals surface area (Å²) in [6, 6.07) is 8.10. The van der Waals surface area contributed by atoms with E-state index in [9.17, 15) is 15.2 Å². The van der Waals surface area contributed by atoms with Crippen LogP contribution in [0.2, 0.25) is 0 Å². The summed E-state index contributed by atoms with van der Waals surface area (Å²) < 4.78 is 0. The highest BCUT2D eigenvalue weighted by molar-refractivity contribution is 5.87. The van der Waals surface area contributed by atoms with Gasteiger partial charge in [0.1, 0.15) is 11.5 Å². The average Bonchev–Trinajstić information content (AvgIpc) is 2.81. The minimum atomic E-state index is -0.282. The van der Waals surface area contributed by atoms with Gasteiger partial charge in [-0.15, -0.1) is 0 Å². The van der Waals surface area contributed by atoms with Gasteiger partial charge < -0.3 is 5.11 Å². The fraction of sp³-hybridized carbons (Fsp3) is 0.579. The predicted octanol–water partition coefficient (Wildman–Crippen LogP) is 3.57. The van der Waals surface area contributed by atoms with Gasteiger partial charge in [0.25, 0.3) is 0 Å². The van der Waals surface area contributed by atoms with E-state index >= 15 is 0 Å². The molecule has 0 radical (unpaired) electrons. The number of hydrogen-bond acceptors (Lipinski definition) is 3. The standard InChI is InChI=1S/C19H21NO2/c1-19-9-12(10-20)18-14-5-3-13(21)8-11(14)2-4-15(18)16(19)6-7-17(19)22/h3,5,8,12,15-16,18,21H,2,4,6-7,9H2,1H3/t12-,15+,16+,18-,19+/m1/s1. The third-order valence-electron chi connectivity index (χ3n) is 6.59. The molecule has 0 spiro atoms. The first-order valence-electron chi connectivity index (χ1n) is 8.29. The van der Waals surface area contributed by atoms with Crippen molar-refractivity contribution >= 4 is 5.78 Å². The molecule has 4 rings (SSSR count). The molecular weight excluding hydrogens is 274 g/mol. The molecule has 0 saturated heterocycles. The van der Waals surface area contributed by atoms with Crippen molar-refractivity contribution in [1.82, 2.24) is 0 Å². The smallest absolute Gasteiger partial charge is 0.139 e. The molecule has 1 N–H and O–H groups in total. The lowest BCUT2D eigenvalue weighted by Crippen LogP contribution is -2.46. The molecule has 0 unspecified atom stereocenters. The number of fused-ring (bicyclic) bond motifs is 5. The summed E-state index contributed by atoms with van der Waals surface area (Å²) in [4.78, 5) is 12.4. The van der Waals surface area contributed by atoms with Crippen molar-refractivity contribution in [2.45, 2.75) is 44.9 Å². The van der Waals surface area contributed by atoms with Gasteiger partial charge in [0.05, 0.1) is 12.0 Å². The van der Waals surface area contributed by atoms with Gasteiger partial charge in [-0.3, -0.25) is 4.79 Å². The lowest BCUT2D eigenvalue weighted by atomic mass is 9.52. The molecule has 3 aliphatic rings. The minimum Gasteiger partial charge on any atom is -0.508 e. The summed E-state index contributed by atoms with van der Waals surface area (Å²) in [5.74, 6) is 1.69. The Labute approximate surface area is 131 Å². The maximum absolute atomic E-state index is 12.4. The number of nitriles is 1. The average molecular weight is 295 g/mol. The Hall–Kier alpha value is -1.82. The predicted molar refractivity (Wildman–Crippen MR) is 82.2 cm³/mol. The van der Waals surface area contributed by atoms with E-state index in [1.165, 1.54) is 11.1 Å². The zero-order valence-electron chi connectivity index (χ0n) is 12.9. The van der Waals surface area contributed by atoms with Gasteiger partial charge >= 0.3 is 0 Å². The molecule has 114 valence electrons. The number of rotatable bonds is 0. The van der Waals surface area contributed by atoms with Crippen molar-refractivity contribution in [2.75, 3.05) is 0 Å². The van der Waals surface area contributed by atoms with Crippen LogP contribution < -0.4 is 0 Å². The third-order valence-corrected chi connectivity index (χ3v) is 6.59. The number of carbonyl (C=O) groups is 1. The van der Waals surface area contributed by atoms with E-state index in [0.717, 1.165) is 19.3 Å². The zero-order chi connectivity index (χ0) is 15.5. The summed E-state index contributed by atoms with van der Waals surface area (Å²) in [7, 11) is 0. The van der Waals surface area contributed by atoms with Gasteiger partial charge in [-0.1, -0.05) is 13.0 Å². The molecule has 0 heterocycles. The second kappa shape index (κ2) is 4.59. The molecule has 3 heteroatoms. The van der Waals surface area contributed by atoms with Crippen molar-refractivity contribution < 1.29 is 9.90 Å². The Bertz CT molecular complexity index is 689. The van der Waals surface area contributed by atoms with Crippen LogP contribution in [0.3, 0.4) is 0 Å². The highest BCUT2D eigenvalue weighted by Gasteiger charge is 2.57. The van der Waals surface area contributed by atoms with Crippen molar-refractivity contribution in [3.8, 4) is 11.8 Å². The molecule has 0 bridgehead atoms. The largest absolute Gasteiger partial charge is 0.508 e. The number of hydrogen-bond donors (Lipinski definition) is 1. The summed E-state index contributed by atoms with van der Waals surface area (Å²) in [5, 5.41) is 19.4. The minimum absolute atomic E-state index is 0.0862. The molecule has 2 fully saturated rings. The Morgan fingerprint density at radius 3 is 2.91 bits per heavy atom. The lowest BCUT2D eigenvalue weighted by Gasteiger charge is -2.50. The number of ketones is 1. The van der Waals surface area contributed by atoms with E-state index < -0.39 is 0 Å². The van der Waals surface area contributed by atoms with Gasteiger partial charge in [-0.25, -0.2) is 0 Å². The van der Waals surface area contributed by atoms with Crippen molar-refractivity contribution in [1.29, 1.82) is 5.26 Å². The number of benzene rings is 1. The molecule has 22 heavy (non-hydrogen) atoms. The highest BCUT2D eigenvalue weighted by Crippen LogP contribution is 2.61. The molecule has 0 amide bonds. The van der Waals surface area contributed by atoms with E-state index in [2.05, 4.69) is 13.0 Å². The molecule has 0 aromatic heterocycles. The fourth-order valence-corrected chi connectivity index (χ4v) is 5.59. The summed E-state index contributed by atoms with van der Waals surface area (Å²) in [6.07, 6.45) is 4.36. The third kappa shape index (κ3) is 1.70. The maximum Gasteiger partial charge on any atom is 0.139 e. The second-order valence-electron chi connectivity index (χ2n) is 7.54. The lowest BCUT2D eigenvalue weighted by molar-refractivity contribution is -0.130. The number of aryl methyl sites for hydroxylation is 1. The van der Waals surface area contributed by atoms with Crippen LogP contribution >= 0.6 is 0 Å². The van der Waals surface area contributed by atoms with E-state index in [0.29, 0.717) is 36.2 Å². The first-order valence-corrected chi connectivity index (χ1v) is 8.29. The van der Waals surface area contributed by atoms with E-state index in [1.54, 1.807) is 6.07 Å². The molecule has 0 aliphatic heterocycles. The quantitative estimate of drug-likeness (QED) is 0.796. The Balaban J connectivity index is 1.81. The van der Waals surface area contributed by atoms with Gasteiger partial charge in [0.15, 0.2) is 0 Å². The fourth-order valence-electron chi connectivity index (χ4n) is 5.59. The monoisotopic (exact) mass is 295 g/mol.